The van der Waals surface area contributed by atoms with Crippen molar-refractivity contribution in [3.8, 4) is 0 Å². The third-order valence-corrected chi connectivity index (χ3v) is 4.24. The fraction of sp³-hybridized carbons (Fsp3) is 0.417. The van der Waals surface area contributed by atoms with Gasteiger partial charge in [0.25, 0.3) is 0 Å². The average Bonchev–Trinajstić information content (AvgIpc) is 2.35. The van der Waals surface area contributed by atoms with Gasteiger partial charge in [-0.1, -0.05) is 6.07 Å². The van der Waals surface area contributed by atoms with Crippen LogP contribution in [0.2, 0.25) is 0 Å². The summed E-state index contributed by atoms with van der Waals surface area (Å²) in [5.41, 5.74) is 0.816. The Morgan fingerprint density at radius 1 is 1.24 bits per heavy atom. The number of carbonyl (C=O) groups excluding carboxylic acids is 1. The molecule has 92 valence electrons. The van der Waals surface area contributed by atoms with E-state index in [4.69, 9.17) is 0 Å². The molecule has 0 aromatic heterocycles. The average molecular weight is 362 g/mol. The Morgan fingerprint density at radius 2 is 1.82 bits per heavy atom. The molecule has 1 aromatic rings. The van der Waals surface area contributed by atoms with Crippen molar-refractivity contribution in [2.24, 2.45) is 5.92 Å². The Kier molecular flexibility index (Phi) is 4.59. The summed E-state index contributed by atoms with van der Waals surface area (Å²) in [7, 11) is 0. The quantitative estimate of drug-likeness (QED) is 0.849. The number of amides is 1. The molecular weight excluding hydrogens is 348 g/mol. The largest absolute Gasteiger partial charge is 0.324 e. The first kappa shape index (κ1) is 13.1. The van der Waals surface area contributed by atoms with Crippen molar-refractivity contribution in [1.82, 2.24) is 5.32 Å². The second-order valence-electron chi connectivity index (χ2n) is 4.11. The summed E-state index contributed by atoms with van der Waals surface area (Å²) in [6, 6.07) is 5.76. The summed E-state index contributed by atoms with van der Waals surface area (Å²) in [5.74, 6) is 0.231. The fourth-order valence-electron chi connectivity index (χ4n) is 1.93. The summed E-state index contributed by atoms with van der Waals surface area (Å²) in [4.78, 5) is 12.1. The Bertz CT molecular complexity index is 397. The molecule has 17 heavy (non-hydrogen) atoms. The summed E-state index contributed by atoms with van der Waals surface area (Å²) in [6.07, 6.45) is 1.82. The highest BCUT2D eigenvalue weighted by Gasteiger charge is 2.21. The minimum Gasteiger partial charge on any atom is -0.324 e. The van der Waals surface area contributed by atoms with Gasteiger partial charge in [-0.15, -0.1) is 0 Å². The number of hydrogen-bond donors (Lipinski definition) is 2. The van der Waals surface area contributed by atoms with E-state index < -0.39 is 0 Å². The van der Waals surface area contributed by atoms with Crippen molar-refractivity contribution in [3.63, 3.8) is 0 Å². The predicted molar refractivity (Wildman–Crippen MR) is 76.1 cm³/mol. The maximum Gasteiger partial charge on any atom is 0.227 e. The van der Waals surface area contributed by atoms with Gasteiger partial charge in [-0.2, -0.15) is 0 Å². The second-order valence-corrected chi connectivity index (χ2v) is 5.82. The highest BCUT2D eigenvalue weighted by atomic mass is 79.9. The zero-order chi connectivity index (χ0) is 12.3. The molecule has 0 spiro atoms. The number of anilines is 1. The van der Waals surface area contributed by atoms with Crippen LogP contribution < -0.4 is 10.6 Å². The van der Waals surface area contributed by atoms with E-state index in [2.05, 4.69) is 42.5 Å². The van der Waals surface area contributed by atoms with Crippen LogP contribution >= 0.6 is 31.9 Å². The van der Waals surface area contributed by atoms with Gasteiger partial charge in [-0.05, 0) is 69.9 Å². The molecule has 0 radical (unpaired) electrons. The van der Waals surface area contributed by atoms with Crippen LogP contribution in [0.25, 0.3) is 0 Å². The smallest absolute Gasteiger partial charge is 0.227 e. The molecule has 2 rings (SSSR count). The number of nitrogens with one attached hydrogen (secondary N) is 2. The van der Waals surface area contributed by atoms with E-state index in [0.717, 1.165) is 40.6 Å². The van der Waals surface area contributed by atoms with Crippen LogP contribution in [0.15, 0.2) is 27.1 Å². The lowest BCUT2D eigenvalue weighted by Gasteiger charge is -2.22. The van der Waals surface area contributed by atoms with Crippen LogP contribution in [0.4, 0.5) is 5.69 Å². The van der Waals surface area contributed by atoms with Crippen molar-refractivity contribution < 1.29 is 4.79 Å². The van der Waals surface area contributed by atoms with Gasteiger partial charge in [0, 0.05) is 14.9 Å². The van der Waals surface area contributed by atoms with Crippen LogP contribution in [-0.2, 0) is 4.79 Å². The van der Waals surface area contributed by atoms with E-state index >= 15 is 0 Å². The highest BCUT2D eigenvalue weighted by Crippen LogP contribution is 2.31. The Morgan fingerprint density at radius 3 is 2.41 bits per heavy atom. The zero-order valence-electron chi connectivity index (χ0n) is 9.30. The number of piperidine rings is 1. The Hall–Kier alpha value is -0.390. The lowest BCUT2D eigenvalue weighted by molar-refractivity contribution is -0.120. The summed E-state index contributed by atoms with van der Waals surface area (Å²) >= 11 is 6.89. The van der Waals surface area contributed by atoms with Gasteiger partial charge in [-0.25, -0.2) is 0 Å². The molecule has 5 heteroatoms. The van der Waals surface area contributed by atoms with Crippen LogP contribution in [-0.4, -0.2) is 19.0 Å². The van der Waals surface area contributed by atoms with Crippen LogP contribution in [0, 0.1) is 5.92 Å². The van der Waals surface area contributed by atoms with Crippen molar-refractivity contribution in [1.29, 1.82) is 0 Å². The van der Waals surface area contributed by atoms with Crippen molar-refractivity contribution >= 4 is 43.5 Å². The second kappa shape index (κ2) is 5.98. The van der Waals surface area contributed by atoms with E-state index in [9.17, 15) is 4.79 Å². The lowest BCUT2D eigenvalue weighted by Crippen LogP contribution is -2.34. The van der Waals surface area contributed by atoms with E-state index in [0.29, 0.717) is 0 Å². The number of carbonyl (C=O) groups is 1. The van der Waals surface area contributed by atoms with Gasteiger partial charge in [0.15, 0.2) is 0 Å². The predicted octanol–water partition coefficient (Wildman–Crippen LogP) is 3.15. The van der Waals surface area contributed by atoms with Gasteiger partial charge in [0.2, 0.25) is 5.91 Å². The zero-order valence-corrected chi connectivity index (χ0v) is 12.5. The standard InChI is InChI=1S/C12H14Br2N2O/c13-9-2-1-3-10(14)11(9)16-12(17)8-4-6-15-7-5-8/h1-3,8,15H,4-7H2,(H,16,17). The number of benzene rings is 1. The number of para-hydroxylation sites is 1. The Balaban J connectivity index is 2.07. The topological polar surface area (TPSA) is 41.1 Å². The van der Waals surface area contributed by atoms with Gasteiger partial charge in [0.05, 0.1) is 5.69 Å². The summed E-state index contributed by atoms with van der Waals surface area (Å²) in [5, 5.41) is 6.25. The molecule has 1 aromatic carbocycles. The van der Waals surface area contributed by atoms with Gasteiger partial charge < -0.3 is 10.6 Å². The third kappa shape index (κ3) is 3.30. The molecule has 1 aliphatic rings. The first-order valence-electron chi connectivity index (χ1n) is 5.64. The molecule has 0 atom stereocenters. The van der Waals surface area contributed by atoms with Crippen molar-refractivity contribution in [3.05, 3.63) is 27.1 Å². The molecule has 0 bridgehead atoms. The van der Waals surface area contributed by atoms with E-state index in [-0.39, 0.29) is 11.8 Å². The molecule has 0 unspecified atom stereocenters. The molecule has 3 nitrogen and oxygen atoms in total. The maximum atomic E-state index is 12.1. The molecule has 1 fully saturated rings. The van der Waals surface area contributed by atoms with Gasteiger partial charge in [-0.3, -0.25) is 4.79 Å². The summed E-state index contributed by atoms with van der Waals surface area (Å²) in [6.45, 7) is 1.85. The van der Waals surface area contributed by atoms with E-state index in [1.807, 2.05) is 18.2 Å². The van der Waals surface area contributed by atoms with Crippen molar-refractivity contribution in [2.45, 2.75) is 12.8 Å². The normalized spacial score (nSPS) is 16.8. The molecule has 1 aliphatic heterocycles. The molecule has 1 heterocycles. The van der Waals surface area contributed by atoms with Gasteiger partial charge in [0.1, 0.15) is 0 Å². The van der Waals surface area contributed by atoms with Crippen molar-refractivity contribution in [2.75, 3.05) is 18.4 Å². The molecule has 2 N–H and O–H groups in total. The number of rotatable bonds is 2. The van der Waals surface area contributed by atoms with Gasteiger partial charge >= 0.3 is 0 Å². The maximum absolute atomic E-state index is 12.1. The lowest BCUT2D eigenvalue weighted by atomic mass is 9.97. The molecule has 1 amide bonds. The van der Waals surface area contributed by atoms with Crippen LogP contribution in [0.5, 0.6) is 0 Å². The van der Waals surface area contributed by atoms with Crippen LogP contribution in [0.1, 0.15) is 12.8 Å². The summed E-state index contributed by atoms with van der Waals surface area (Å²) < 4.78 is 1.79. The first-order chi connectivity index (χ1) is 8.18. The highest BCUT2D eigenvalue weighted by molar-refractivity contribution is 9.11. The number of hydrogen-bond acceptors (Lipinski definition) is 2. The molecular formula is C12H14Br2N2O. The fourth-order valence-corrected chi connectivity index (χ4v) is 3.12. The van der Waals surface area contributed by atoms with E-state index in [1.54, 1.807) is 0 Å². The SMILES string of the molecule is O=C(Nc1c(Br)cccc1Br)C1CCNCC1. The minimum atomic E-state index is 0.110. The number of halogens is 2. The Labute approximate surface area is 118 Å². The van der Waals surface area contributed by atoms with Crippen LogP contribution in [0.3, 0.4) is 0 Å². The molecule has 0 saturated carbocycles. The first-order valence-corrected chi connectivity index (χ1v) is 7.22. The molecule has 1 saturated heterocycles. The van der Waals surface area contributed by atoms with E-state index in [1.165, 1.54) is 0 Å². The minimum absolute atomic E-state index is 0.110. The third-order valence-electron chi connectivity index (χ3n) is 2.92. The monoisotopic (exact) mass is 360 g/mol. The molecule has 0 aliphatic carbocycles.